The predicted octanol–water partition coefficient (Wildman–Crippen LogP) is 1.61. The quantitative estimate of drug-likeness (QED) is 0.729. The van der Waals surface area contributed by atoms with Crippen molar-refractivity contribution in [3.8, 4) is 0 Å². The molecular weight excluding hydrogens is 368 g/mol. The zero-order valence-corrected chi connectivity index (χ0v) is 15.4. The minimum absolute atomic E-state index is 0.187. The van der Waals surface area contributed by atoms with Crippen molar-refractivity contribution in [2.24, 2.45) is 0 Å². The van der Waals surface area contributed by atoms with E-state index in [9.17, 15) is 13.2 Å². The summed E-state index contributed by atoms with van der Waals surface area (Å²) in [5.74, 6) is 0.233. The van der Waals surface area contributed by atoms with Crippen LogP contribution in [0.15, 0.2) is 47.8 Å². The lowest BCUT2D eigenvalue weighted by Gasteiger charge is -2.24. The Morgan fingerprint density at radius 2 is 1.96 bits per heavy atom. The van der Waals surface area contributed by atoms with Gasteiger partial charge in [-0.05, 0) is 43.2 Å². The lowest BCUT2D eigenvalue weighted by atomic mass is 10.1. The minimum atomic E-state index is -3.69. The van der Waals surface area contributed by atoms with E-state index in [0.717, 1.165) is 12.1 Å². The van der Waals surface area contributed by atoms with Crippen LogP contribution in [0, 0.1) is 0 Å². The maximum absolute atomic E-state index is 13.2. The third-order valence-electron chi connectivity index (χ3n) is 4.54. The molecule has 10 heteroatoms. The third-order valence-corrected chi connectivity index (χ3v) is 6.46. The molecule has 1 fully saturated rings. The van der Waals surface area contributed by atoms with E-state index in [0.29, 0.717) is 24.4 Å². The summed E-state index contributed by atoms with van der Waals surface area (Å²) >= 11 is 0. The molecule has 0 saturated carbocycles. The molecule has 3 heterocycles. The normalized spacial score (nSPS) is 18.0. The van der Waals surface area contributed by atoms with Gasteiger partial charge in [0, 0.05) is 25.4 Å². The average Bonchev–Trinajstić information content (AvgIpc) is 3.31. The Morgan fingerprint density at radius 1 is 1.19 bits per heavy atom. The zero-order chi connectivity index (χ0) is 19.0. The second-order valence-electron chi connectivity index (χ2n) is 6.32. The molecule has 1 N–H and O–H groups in total. The number of fused-ring (bicyclic) bond motifs is 1. The van der Waals surface area contributed by atoms with Gasteiger partial charge in [-0.2, -0.15) is 18.9 Å². The number of benzene rings is 1. The van der Waals surface area contributed by atoms with E-state index in [1.807, 2.05) is 0 Å². The fraction of sp³-hybridized carbons (Fsp3) is 0.294. The van der Waals surface area contributed by atoms with E-state index in [2.05, 4.69) is 20.4 Å². The molecule has 1 atom stereocenters. The Morgan fingerprint density at radius 3 is 2.70 bits per heavy atom. The highest BCUT2D eigenvalue weighted by Crippen LogP contribution is 2.36. The van der Waals surface area contributed by atoms with Gasteiger partial charge in [0.1, 0.15) is 6.33 Å². The van der Waals surface area contributed by atoms with Gasteiger partial charge in [0.15, 0.2) is 0 Å². The topological polar surface area (TPSA) is 110 Å². The second-order valence-corrected chi connectivity index (χ2v) is 8.21. The number of nitrogens with one attached hydrogen (secondary N) is 1. The summed E-state index contributed by atoms with van der Waals surface area (Å²) < 4.78 is 29.5. The van der Waals surface area contributed by atoms with Crippen molar-refractivity contribution in [3.05, 3.63) is 48.5 Å². The molecule has 1 aliphatic heterocycles. The minimum Gasteiger partial charge on any atom is -0.326 e. The van der Waals surface area contributed by atoms with E-state index in [4.69, 9.17) is 0 Å². The summed E-state index contributed by atoms with van der Waals surface area (Å²) in [4.78, 5) is 19.5. The van der Waals surface area contributed by atoms with Crippen LogP contribution in [0.1, 0.15) is 31.5 Å². The molecule has 140 valence electrons. The van der Waals surface area contributed by atoms with Crippen molar-refractivity contribution < 1.29 is 13.2 Å². The Balaban J connectivity index is 1.68. The number of hydrogen-bond acceptors (Lipinski definition) is 6. The zero-order valence-electron chi connectivity index (χ0n) is 14.6. The van der Waals surface area contributed by atoms with E-state index < -0.39 is 10.0 Å². The van der Waals surface area contributed by atoms with Crippen LogP contribution in [0.5, 0.6) is 0 Å². The lowest BCUT2D eigenvalue weighted by Crippen LogP contribution is -2.31. The molecule has 4 rings (SSSR count). The van der Waals surface area contributed by atoms with Crippen LogP contribution >= 0.6 is 0 Å². The van der Waals surface area contributed by atoms with Crippen LogP contribution in [0.4, 0.5) is 5.69 Å². The van der Waals surface area contributed by atoms with Gasteiger partial charge in [0.2, 0.25) is 15.9 Å². The van der Waals surface area contributed by atoms with E-state index >= 15 is 0 Å². The van der Waals surface area contributed by atoms with Crippen LogP contribution in [0.25, 0.3) is 5.78 Å². The van der Waals surface area contributed by atoms with Crippen LogP contribution in [0.2, 0.25) is 0 Å². The number of hydrogen-bond donors (Lipinski definition) is 1. The van der Waals surface area contributed by atoms with Crippen molar-refractivity contribution in [1.29, 1.82) is 0 Å². The predicted molar refractivity (Wildman–Crippen MR) is 97.4 cm³/mol. The largest absolute Gasteiger partial charge is 0.326 e. The molecule has 0 bridgehead atoms. The molecule has 1 saturated heterocycles. The molecule has 1 aliphatic rings. The van der Waals surface area contributed by atoms with Crippen molar-refractivity contribution in [3.63, 3.8) is 0 Å². The van der Waals surface area contributed by atoms with Crippen LogP contribution in [0.3, 0.4) is 0 Å². The van der Waals surface area contributed by atoms with Crippen molar-refractivity contribution in [1.82, 2.24) is 23.9 Å². The molecule has 1 aromatic carbocycles. The Kier molecular flexibility index (Phi) is 4.36. The van der Waals surface area contributed by atoms with Gasteiger partial charge in [0.05, 0.1) is 16.6 Å². The summed E-state index contributed by atoms with van der Waals surface area (Å²) in [6.45, 7) is 1.83. The van der Waals surface area contributed by atoms with Gasteiger partial charge in [-0.1, -0.05) is 0 Å². The highest BCUT2D eigenvalue weighted by molar-refractivity contribution is 7.89. The highest BCUT2D eigenvalue weighted by Gasteiger charge is 2.37. The Hall–Kier alpha value is -2.85. The third kappa shape index (κ3) is 3.17. The molecule has 3 aromatic rings. The Labute approximate surface area is 156 Å². The molecule has 9 nitrogen and oxygen atoms in total. The van der Waals surface area contributed by atoms with E-state index in [-0.39, 0.29) is 16.8 Å². The molecule has 0 aliphatic carbocycles. The first-order chi connectivity index (χ1) is 13.0. The number of aromatic nitrogens is 4. The van der Waals surface area contributed by atoms with E-state index in [1.54, 1.807) is 28.9 Å². The van der Waals surface area contributed by atoms with Gasteiger partial charge in [-0.25, -0.2) is 13.4 Å². The number of carbonyl (C=O) groups is 1. The van der Waals surface area contributed by atoms with Crippen molar-refractivity contribution in [2.75, 3.05) is 11.9 Å². The number of carbonyl (C=O) groups excluding carboxylic acids is 1. The maximum Gasteiger partial charge on any atom is 0.252 e. The molecule has 27 heavy (non-hydrogen) atoms. The molecular formula is C17H18N6O3S. The fourth-order valence-electron chi connectivity index (χ4n) is 3.38. The molecule has 1 unspecified atom stereocenters. The summed E-state index contributed by atoms with van der Waals surface area (Å²) in [5.41, 5.74) is 1.30. The van der Waals surface area contributed by atoms with Crippen molar-refractivity contribution >= 4 is 27.4 Å². The number of anilines is 1. The summed E-state index contributed by atoms with van der Waals surface area (Å²) in [5, 5.41) is 6.80. The maximum atomic E-state index is 13.2. The summed E-state index contributed by atoms with van der Waals surface area (Å²) in [7, 11) is -3.69. The first kappa shape index (κ1) is 17.6. The van der Waals surface area contributed by atoms with Gasteiger partial charge < -0.3 is 5.32 Å². The van der Waals surface area contributed by atoms with E-state index in [1.165, 1.54) is 29.7 Å². The first-order valence-electron chi connectivity index (χ1n) is 8.51. The van der Waals surface area contributed by atoms with Gasteiger partial charge >= 0.3 is 0 Å². The molecule has 1 amide bonds. The van der Waals surface area contributed by atoms with Crippen molar-refractivity contribution in [2.45, 2.75) is 30.7 Å². The number of nitrogens with zero attached hydrogens (tertiary/aromatic N) is 5. The Bertz CT molecular complexity index is 1090. The standard InChI is InChI=1S/C17H18N6O3S/c1-12(24)21-13-4-6-14(7-5-13)27(25,26)22-10-2-3-15(22)16-8-9-18-17-19-11-20-23(16)17/h4-9,11,15H,2-3,10H2,1H3,(H,21,24). The first-order valence-corrected chi connectivity index (χ1v) is 9.95. The smallest absolute Gasteiger partial charge is 0.252 e. The lowest BCUT2D eigenvalue weighted by molar-refractivity contribution is -0.114. The van der Waals surface area contributed by atoms with Crippen LogP contribution in [-0.4, -0.2) is 44.8 Å². The van der Waals surface area contributed by atoms with Gasteiger partial charge in [-0.3, -0.25) is 4.79 Å². The molecule has 0 spiro atoms. The highest BCUT2D eigenvalue weighted by atomic mass is 32.2. The fourth-order valence-corrected chi connectivity index (χ4v) is 5.05. The number of rotatable bonds is 4. The molecule has 0 radical (unpaired) electrons. The second kappa shape index (κ2) is 6.71. The van der Waals surface area contributed by atoms with Crippen LogP contribution in [-0.2, 0) is 14.8 Å². The number of amides is 1. The average molecular weight is 386 g/mol. The van der Waals surface area contributed by atoms with Gasteiger partial charge in [-0.15, -0.1) is 0 Å². The van der Waals surface area contributed by atoms with Crippen LogP contribution < -0.4 is 5.32 Å². The van der Waals surface area contributed by atoms with Gasteiger partial charge in [0.25, 0.3) is 5.78 Å². The summed E-state index contributed by atoms with van der Waals surface area (Å²) in [6, 6.07) is 7.63. The number of sulfonamides is 1. The SMILES string of the molecule is CC(=O)Nc1ccc(S(=O)(=O)N2CCCC2c2ccnc3ncnn23)cc1. The monoisotopic (exact) mass is 386 g/mol. The summed E-state index contributed by atoms with van der Waals surface area (Å²) in [6.07, 6.45) is 4.47. The molecule has 2 aromatic heterocycles.